The number of rotatable bonds is 1. The van der Waals surface area contributed by atoms with Crippen LogP contribution in [0, 0.1) is 0 Å². The van der Waals surface area contributed by atoms with Crippen molar-refractivity contribution in [1.82, 2.24) is 9.88 Å². The monoisotopic (exact) mass is 344 g/mol. The number of hydrogen-bond donors (Lipinski definition) is 1. The number of hydrogen-bond acceptors (Lipinski definition) is 2. The van der Waals surface area contributed by atoms with Crippen molar-refractivity contribution in [2.24, 2.45) is 0 Å². The van der Waals surface area contributed by atoms with Gasteiger partial charge in [-0.1, -0.05) is 6.07 Å². The van der Waals surface area contributed by atoms with E-state index in [1.165, 1.54) is 23.1 Å². The Morgan fingerprint density at radius 1 is 1.10 bits per heavy atom. The molecule has 2 heterocycles. The van der Waals surface area contributed by atoms with E-state index in [1.807, 2.05) is 10.6 Å². The van der Waals surface area contributed by atoms with Crippen LogP contribution in [-0.4, -0.2) is 17.0 Å². The molecule has 1 aliphatic heterocycles. The summed E-state index contributed by atoms with van der Waals surface area (Å²) in [6, 6.07) is 8.25. The summed E-state index contributed by atoms with van der Waals surface area (Å²) in [5, 5.41) is 3.35. The lowest BCUT2D eigenvalue weighted by Crippen LogP contribution is -2.26. The first kappa shape index (κ1) is 13.3. The van der Waals surface area contributed by atoms with Gasteiger partial charge in [-0.15, -0.1) is 0 Å². The van der Waals surface area contributed by atoms with Crippen molar-refractivity contribution in [3.8, 4) is 0 Å². The Labute approximate surface area is 132 Å². The lowest BCUT2D eigenvalue weighted by Gasteiger charge is -2.16. The molecule has 0 bridgehead atoms. The molecule has 1 aromatic carbocycles. The maximum absolute atomic E-state index is 12.9. The van der Waals surface area contributed by atoms with Crippen molar-refractivity contribution in [2.45, 2.75) is 32.2 Å². The second kappa shape index (κ2) is 5.11. The highest BCUT2D eigenvalue weighted by molar-refractivity contribution is 9.10. The van der Waals surface area contributed by atoms with Crippen molar-refractivity contribution < 1.29 is 4.79 Å². The molecular weight excluding hydrogens is 328 g/mol. The van der Waals surface area contributed by atoms with Crippen LogP contribution in [0.5, 0.6) is 0 Å². The Kier molecular flexibility index (Phi) is 3.23. The van der Waals surface area contributed by atoms with Crippen LogP contribution in [0.4, 0.5) is 0 Å². The van der Waals surface area contributed by atoms with Crippen molar-refractivity contribution in [3.05, 3.63) is 56.8 Å². The third kappa shape index (κ3) is 2.17. The molecule has 0 radical (unpaired) electrons. The predicted octanol–water partition coefficient (Wildman–Crippen LogP) is 3.07. The first-order valence-corrected chi connectivity index (χ1v) is 8.29. The fourth-order valence-corrected chi connectivity index (χ4v) is 4.12. The second-order valence-electron chi connectivity index (χ2n) is 5.84. The SMILES string of the molecule is O=C(c1ccc2c(c1)CCC2)n1c(Br)cc2c1CCNC2. The van der Waals surface area contributed by atoms with Gasteiger partial charge in [0, 0.05) is 30.8 Å². The largest absolute Gasteiger partial charge is 0.312 e. The molecule has 0 amide bonds. The van der Waals surface area contributed by atoms with Gasteiger partial charge in [-0.25, -0.2) is 0 Å². The third-order valence-electron chi connectivity index (χ3n) is 4.55. The van der Waals surface area contributed by atoms with Crippen LogP contribution in [0.15, 0.2) is 28.9 Å². The molecule has 0 saturated heterocycles. The number of nitrogens with zero attached hydrogens (tertiary/aromatic N) is 1. The molecule has 0 saturated carbocycles. The molecule has 4 heteroatoms. The van der Waals surface area contributed by atoms with Gasteiger partial charge >= 0.3 is 0 Å². The van der Waals surface area contributed by atoms with Crippen LogP contribution < -0.4 is 5.32 Å². The van der Waals surface area contributed by atoms with Gasteiger partial charge in [0.1, 0.15) is 0 Å². The lowest BCUT2D eigenvalue weighted by molar-refractivity contribution is 0.0954. The van der Waals surface area contributed by atoms with Crippen LogP contribution in [0.3, 0.4) is 0 Å². The number of aryl methyl sites for hydroxylation is 2. The summed E-state index contributed by atoms with van der Waals surface area (Å²) in [6.45, 7) is 1.78. The molecular formula is C17H17BrN2O. The number of benzene rings is 1. The normalized spacial score (nSPS) is 16.6. The van der Waals surface area contributed by atoms with Crippen LogP contribution in [0.25, 0.3) is 0 Å². The van der Waals surface area contributed by atoms with Crippen molar-refractivity contribution in [1.29, 1.82) is 0 Å². The van der Waals surface area contributed by atoms with Gasteiger partial charge in [0.2, 0.25) is 0 Å². The number of carbonyl (C=O) groups excluding carboxylic acids is 1. The Hall–Kier alpha value is -1.39. The summed E-state index contributed by atoms with van der Waals surface area (Å²) in [7, 11) is 0. The van der Waals surface area contributed by atoms with Gasteiger partial charge < -0.3 is 5.32 Å². The Bertz CT molecular complexity index is 733. The summed E-state index contributed by atoms with van der Waals surface area (Å²) in [4.78, 5) is 12.9. The first-order valence-electron chi connectivity index (χ1n) is 7.50. The van der Waals surface area contributed by atoms with Gasteiger partial charge in [-0.05, 0) is 70.1 Å². The zero-order valence-corrected chi connectivity index (χ0v) is 13.4. The molecule has 108 valence electrons. The second-order valence-corrected chi connectivity index (χ2v) is 6.66. The van der Waals surface area contributed by atoms with E-state index in [-0.39, 0.29) is 5.91 Å². The number of halogens is 1. The minimum atomic E-state index is 0.0831. The Balaban J connectivity index is 1.77. The molecule has 0 unspecified atom stereocenters. The van der Waals surface area contributed by atoms with Crippen LogP contribution in [0.1, 0.15) is 39.2 Å². The average Bonchev–Trinajstić information content (AvgIpc) is 3.08. The quantitative estimate of drug-likeness (QED) is 0.862. The molecule has 1 aromatic heterocycles. The van der Waals surface area contributed by atoms with Crippen LogP contribution >= 0.6 is 15.9 Å². The third-order valence-corrected chi connectivity index (χ3v) is 5.13. The van der Waals surface area contributed by atoms with E-state index in [9.17, 15) is 4.79 Å². The zero-order chi connectivity index (χ0) is 14.4. The van der Waals surface area contributed by atoms with E-state index in [0.717, 1.165) is 48.2 Å². The molecule has 4 rings (SSSR count). The van der Waals surface area contributed by atoms with E-state index in [1.54, 1.807) is 0 Å². The molecule has 1 aliphatic carbocycles. The van der Waals surface area contributed by atoms with Crippen molar-refractivity contribution in [2.75, 3.05) is 6.54 Å². The summed E-state index contributed by atoms with van der Waals surface area (Å²) >= 11 is 3.55. The smallest absolute Gasteiger partial charge is 0.263 e. The average molecular weight is 345 g/mol. The maximum Gasteiger partial charge on any atom is 0.263 e. The first-order chi connectivity index (χ1) is 10.2. The Morgan fingerprint density at radius 3 is 2.86 bits per heavy atom. The number of fused-ring (bicyclic) bond motifs is 2. The highest BCUT2D eigenvalue weighted by Gasteiger charge is 2.23. The van der Waals surface area contributed by atoms with Crippen LogP contribution in [-0.2, 0) is 25.8 Å². The van der Waals surface area contributed by atoms with E-state index in [2.05, 4.69) is 39.4 Å². The fraction of sp³-hybridized carbons (Fsp3) is 0.353. The molecule has 1 N–H and O–H groups in total. The zero-order valence-electron chi connectivity index (χ0n) is 11.8. The predicted molar refractivity (Wildman–Crippen MR) is 85.7 cm³/mol. The van der Waals surface area contributed by atoms with Gasteiger partial charge in [0.25, 0.3) is 5.91 Å². The molecule has 2 aromatic rings. The molecule has 2 aliphatic rings. The lowest BCUT2D eigenvalue weighted by atomic mass is 10.1. The summed E-state index contributed by atoms with van der Waals surface area (Å²) in [6.07, 6.45) is 4.36. The standard InChI is InChI=1S/C17H17BrN2O/c18-16-9-14-10-19-7-6-15(14)20(16)17(21)13-5-4-11-2-1-3-12(11)8-13/h4-5,8-9,19H,1-3,6-7,10H2. The Morgan fingerprint density at radius 2 is 1.95 bits per heavy atom. The summed E-state index contributed by atoms with van der Waals surface area (Å²) in [5.74, 6) is 0.0831. The van der Waals surface area contributed by atoms with E-state index in [0.29, 0.717) is 0 Å². The molecule has 0 fully saturated rings. The van der Waals surface area contributed by atoms with Gasteiger partial charge in [0.15, 0.2) is 0 Å². The summed E-state index contributed by atoms with van der Waals surface area (Å²) in [5.41, 5.74) is 5.92. The minimum absolute atomic E-state index is 0.0831. The van der Waals surface area contributed by atoms with E-state index in [4.69, 9.17) is 0 Å². The molecule has 0 spiro atoms. The summed E-state index contributed by atoms with van der Waals surface area (Å²) < 4.78 is 2.70. The highest BCUT2D eigenvalue weighted by Crippen LogP contribution is 2.27. The molecule has 3 nitrogen and oxygen atoms in total. The number of aromatic nitrogens is 1. The van der Waals surface area contributed by atoms with Crippen LogP contribution in [0.2, 0.25) is 0 Å². The van der Waals surface area contributed by atoms with E-state index < -0.39 is 0 Å². The maximum atomic E-state index is 12.9. The van der Waals surface area contributed by atoms with E-state index >= 15 is 0 Å². The number of carbonyl (C=O) groups is 1. The fourth-order valence-electron chi connectivity index (χ4n) is 3.47. The van der Waals surface area contributed by atoms with Crippen molar-refractivity contribution in [3.63, 3.8) is 0 Å². The van der Waals surface area contributed by atoms with Gasteiger partial charge in [0.05, 0.1) is 4.60 Å². The topological polar surface area (TPSA) is 34.0 Å². The van der Waals surface area contributed by atoms with Crippen molar-refractivity contribution >= 4 is 21.8 Å². The molecule has 21 heavy (non-hydrogen) atoms. The minimum Gasteiger partial charge on any atom is -0.312 e. The number of nitrogens with one attached hydrogen (secondary N) is 1. The highest BCUT2D eigenvalue weighted by atomic mass is 79.9. The van der Waals surface area contributed by atoms with Gasteiger partial charge in [-0.2, -0.15) is 0 Å². The van der Waals surface area contributed by atoms with Gasteiger partial charge in [-0.3, -0.25) is 9.36 Å². The molecule has 0 atom stereocenters.